The molecule has 1 N–H and O–H groups in total. The number of nitrogens with zero attached hydrogens (tertiary/aromatic N) is 2. The van der Waals surface area contributed by atoms with Gasteiger partial charge in [-0.25, -0.2) is 8.42 Å². The van der Waals surface area contributed by atoms with Crippen LogP contribution in [0.5, 0.6) is 0 Å². The molecule has 7 nitrogen and oxygen atoms in total. The van der Waals surface area contributed by atoms with Gasteiger partial charge in [-0.05, 0) is 62.1 Å². The van der Waals surface area contributed by atoms with Crippen molar-refractivity contribution in [2.24, 2.45) is 0 Å². The van der Waals surface area contributed by atoms with Crippen LogP contribution >= 0.6 is 11.6 Å². The van der Waals surface area contributed by atoms with Gasteiger partial charge in [0.05, 0.1) is 11.9 Å². The third-order valence-electron chi connectivity index (χ3n) is 5.55. The predicted octanol–water partition coefficient (Wildman–Crippen LogP) is 4.00. The number of halogens is 1. The Morgan fingerprint density at radius 3 is 2.29 bits per heavy atom. The van der Waals surface area contributed by atoms with Crippen molar-refractivity contribution < 1.29 is 18.0 Å². The van der Waals surface area contributed by atoms with E-state index in [0.29, 0.717) is 23.7 Å². The van der Waals surface area contributed by atoms with E-state index in [1.165, 1.54) is 9.21 Å². The minimum atomic E-state index is -3.52. The molecular formula is C25H34ClN3O4S. The number of benzene rings is 2. The fourth-order valence-corrected chi connectivity index (χ4v) is 4.82. The smallest absolute Gasteiger partial charge is 0.242 e. The van der Waals surface area contributed by atoms with Gasteiger partial charge in [0.15, 0.2) is 0 Å². The molecule has 9 heteroatoms. The molecule has 0 aliphatic heterocycles. The van der Waals surface area contributed by atoms with Crippen molar-refractivity contribution in [3.63, 3.8) is 0 Å². The lowest BCUT2D eigenvalue weighted by atomic mass is 10.1. The zero-order chi connectivity index (χ0) is 25.3. The van der Waals surface area contributed by atoms with Crippen LogP contribution in [-0.2, 0) is 32.6 Å². The number of anilines is 1. The van der Waals surface area contributed by atoms with Gasteiger partial charge in [0.25, 0.3) is 0 Å². The molecule has 1 atom stereocenters. The fourth-order valence-electron chi connectivity index (χ4n) is 3.64. The van der Waals surface area contributed by atoms with E-state index in [-0.39, 0.29) is 31.3 Å². The minimum absolute atomic E-state index is 0.101. The Balaban J connectivity index is 2.14. The summed E-state index contributed by atoms with van der Waals surface area (Å²) in [5.41, 5.74) is 2.49. The summed E-state index contributed by atoms with van der Waals surface area (Å²) in [5.74, 6) is -0.472. The number of rotatable bonds is 12. The van der Waals surface area contributed by atoms with E-state index in [2.05, 4.69) is 5.32 Å². The van der Waals surface area contributed by atoms with Gasteiger partial charge in [0.2, 0.25) is 21.8 Å². The molecule has 186 valence electrons. The van der Waals surface area contributed by atoms with Crippen LogP contribution < -0.4 is 9.62 Å². The average Bonchev–Trinajstić information content (AvgIpc) is 2.79. The molecule has 2 rings (SSSR count). The molecule has 0 spiro atoms. The van der Waals surface area contributed by atoms with Gasteiger partial charge >= 0.3 is 0 Å². The number of amides is 2. The minimum Gasteiger partial charge on any atom is -0.355 e. The summed E-state index contributed by atoms with van der Waals surface area (Å²) in [4.78, 5) is 27.2. The molecule has 1 unspecified atom stereocenters. The lowest BCUT2D eigenvalue weighted by Gasteiger charge is -2.29. The van der Waals surface area contributed by atoms with Gasteiger partial charge in [-0.2, -0.15) is 0 Å². The van der Waals surface area contributed by atoms with Crippen molar-refractivity contribution in [1.82, 2.24) is 10.2 Å². The largest absolute Gasteiger partial charge is 0.355 e. The quantitative estimate of drug-likeness (QED) is 0.470. The summed E-state index contributed by atoms with van der Waals surface area (Å²) in [5, 5.41) is 3.31. The van der Waals surface area contributed by atoms with Crippen molar-refractivity contribution in [2.75, 3.05) is 23.7 Å². The maximum atomic E-state index is 13.2. The second-order valence-corrected chi connectivity index (χ2v) is 10.5. The fraction of sp³-hybridized carbons (Fsp3) is 0.440. The first kappa shape index (κ1) is 27.7. The van der Waals surface area contributed by atoms with Crippen molar-refractivity contribution in [2.45, 2.75) is 52.6 Å². The Labute approximate surface area is 208 Å². The van der Waals surface area contributed by atoms with Crippen LogP contribution in [0.2, 0.25) is 5.02 Å². The maximum absolute atomic E-state index is 13.2. The van der Waals surface area contributed by atoms with Gasteiger partial charge in [0, 0.05) is 31.1 Å². The highest BCUT2D eigenvalue weighted by molar-refractivity contribution is 7.92. The topological polar surface area (TPSA) is 86.8 Å². The Hall–Kier alpha value is -2.58. The molecule has 0 saturated heterocycles. The van der Waals surface area contributed by atoms with Crippen molar-refractivity contribution in [3.05, 3.63) is 64.7 Å². The summed E-state index contributed by atoms with van der Waals surface area (Å²) in [6.07, 6.45) is 2.43. The molecule has 0 radical (unpaired) electrons. The first-order chi connectivity index (χ1) is 16.1. The summed E-state index contributed by atoms with van der Waals surface area (Å²) >= 11 is 6.09. The summed E-state index contributed by atoms with van der Waals surface area (Å²) in [6, 6.07) is 13.8. The van der Waals surface area contributed by atoms with E-state index < -0.39 is 16.1 Å². The molecule has 0 aliphatic rings. The number of aryl methyl sites for hydroxylation is 1. The third kappa shape index (κ3) is 8.02. The van der Waals surface area contributed by atoms with Gasteiger partial charge in [0.1, 0.15) is 6.04 Å². The van der Waals surface area contributed by atoms with Crippen LogP contribution in [0, 0.1) is 0 Å². The summed E-state index contributed by atoms with van der Waals surface area (Å²) in [7, 11) is -3.52. The molecule has 2 aromatic carbocycles. The molecule has 2 amide bonds. The molecule has 34 heavy (non-hydrogen) atoms. The van der Waals surface area contributed by atoms with Crippen LogP contribution in [0.1, 0.15) is 44.7 Å². The van der Waals surface area contributed by atoms with Gasteiger partial charge < -0.3 is 10.2 Å². The monoisotopic (exact) mass is 507 g/mol. The van der Waals surface area contributed by atoms with Crippen LogP contribution in [0.3, 0.4) is 0 Å². The van der Waals surface area contributed by atoms with E-state index in [0.717, 1.165) is 23.8 Å². The Kier molecular flexibility index (Phi) is 10.4. The Morgan fingerprint density at radius 1 is 1.06 bits per heavy atom. The van der Waals surface area contributed by atoms with Crippen molar-refractivity contribution in [3.8, 4) is 0 Å². The predicted molar refractivity (Wildman–Crippen MR) is 137 cm³/mol. The lowest BCUT2D eigenvalue weighted by molar-refractivity contribution is -0.140. The molecule has 0 bridgehead atoms. The normalized spacial score (nSPS) is 12.1. The van der Waals surface area contributed by atoms with E-state index in [1.807, 2.05) is 32.0 Å². The first-order valence-electron chi connectivity index (χ1n) is 11.4. The number of nitrogens with one attached hydrogen (secondary N) is 1. The lowest BCUT2D eigenvalue weighted by Crippen LogP contribution is -2.47. The van der Waals surface area contributed by atoms with Gasteiger partial charge in [-0.1, -0.05) is 42.8 Å². The molecular weight excluding hydrogens is 474 g/mol. The molecule has 0 saturated carbocycles. The molecule has 0 fully saturated rings. The van der Waals surface area contributed by atoms with Crippen LogP contribution in [0.4, 0.5) is 5.69 Å². The van der Waals surface area contributed by atoms with E-state index >= 15 is 0 Å². The molecule has 0 heterocycles. The summed E-state index contributed by atoms with van der Waals surface area (Å²) in [6.45, 7) is 6.39. The number of hydrogen-bond acceptors (Lipinski definition) is 4. The molecule has 0 aromatic heterocycles. The highest BCUT2D eigenvalue weighted by atomic mass is 35.5. The highest BCUT2D eigenvalue weighted by Gasteiger charge is 2.26. The van der Waals surface area contributed by atoms with Crippen LogP contribution in [0.15, 0.2) is 48.5 Å². The molecule has 2 aromatic rings. The van der Waals surface area contributed by atoms with E-state index in [9.17, 15) is 18.0 Å². The van der Waals surface area contributed by atoms with E-state index in [1.54, 1.807) is 37.3 Å². The van der Waals surface area contributed by atoms with Crippen LogP contribution in [0.25, 0.3) is 0 Å². The maximum Gasteiger partial charge on any atom is 0.242 e. The summed E-state index contributed by atoms with van der Waals surface area (Å²) < 4.78 is 26.1. The van der Waals surface area contributed by atoms with E-state index in [4.69, 9.17) is 11.6 Å². The van der Waals surface area contributed by atoms with Crippen molar-refractivity contribution in [1.29, 1.82) is 0 Å². The first-order valence-corrected chi connectivity index (χ1v) is 13.7. The number of carbonyl (C=O) groups excluding carboxylic acids is 2. The van der Waals surface area contributed by atoms with Gasteiger partial charge in [-0.15, -0.1) is 0 Å². The number of hydrogen-bond donors (Lipinski definition) is 1. The zero-order valence-electron chi connectivity index (χ0n) is 20.3. The van der Waals surface area contributed by atoms with Gasteiger partial charge in [-0.3, -0.25) is 13.9 Å². The highest BCUT2D eigenvalue weighted by Crippen LogP contribution is 2.20. The Bertz CT molecular complexity index is 1070. The SMILES string of the molecule is CCNC(=O)C(C)N(Cc1cccc(Cl)c1)C(=O)CCCN(c1ccc(CC)cc1)S(C)(=O)=O. The van der Waals surface area contributed by atoms with Crippen molar-refractivity contribution >= 4 is 39.1 Å². The molecule has 0 aliphatic carbocycles. The second kappa shape index (κ2) is 12.8. The standard InChI is InChI=1S/C25H34ClN3O4S/c1-5-20-12-14-23(15-13-20)29(34(4,32)33)16-8-11-24(30)28(19(3)25(31)27-6-2)18-21-9-7-10-22(26)17-21/h7,9-10,12-15,17,19H,5-6,8,11,16,18H2,1-4H3,(H,27,31). The van der Waals surface area contributed by atoms with Crippen LogP contribution in [-0.4, -0.2) is 50.5 Å². The number of likely N-dealkylation sites (N-methyl/N-ethyl adjacent to an activating group) is 1. The Morgan fingerprint density at radius 2 is 1.74 bits per heavy atom. The number of sulfonamides is 1. The second-order valence-electron chi connectivity index (χ2n) is 8.18. The average molecular weight is 508 g/mol. The third-order valence-corrected chi connectivity index (χ3v) is 6.97. The zero-order valence-corrected chi connectivity index (χ0v) is 21.8. The number of carbonyl (C=O) groups is 2.